The molecule has 0 bridgehead atoms. The number of nitrogens with one attached hydrogen (secondary N) is 1. The van der Waals surface area contributed by atoms with Crippen LogP contribution in [0, 0.1) is 0 Å². The van der Waals surface area contributed by atoms with Crippen LogP contribution in [0.1, 0.15) is 29.9 Å². The predicted octanol–water partition coefficient (Wildman–Crippen LogP) is 0.849. The van der Waals surface area contributed by atoms with Crippen molar-refractivity contribution in [2.75, 3.05) is 38.1 Å². The highest BCUT2D eigenvalue weighted by Crippen LogP contribution is 2.25. The highest BCUT2D eigenvalue weighted by atomic mass is 19.1. The first-order valence-electron chi connectivity index (χ1n) is 7.84. The first-order chi connectivity index (χ1) is 10.7. The molecule has 0 aromatic carbocycles. The lowest BCUT2D eigenvalue weighted by Gasteiger charge is -2.37. The second kappa shape index (κ2) is 6.56. The van der Waals surface area contributed by atoms with Crippen LogP contribution in [0.3, 0.4) is 0 Å². The van der Waals surface area contributed by atoms with Crippen molar-refractivity contribution in [2.24, 2.45) is 0 Å². The molecule has 0 spiro atoms. The van der Waals surface area contributed by atoms with E-state index >= 15 is 0 Å². The molecule has 7 heteroatoms. The number of piperidine rings is 1. The number of hydrogen-bond acceptors (Lipinski definition) is 5. The number of alkyl halides is 1. The molecule has 120 valence electrons. The highest BCUT2D eigenvalue weighted by molar-refractivity contribution is 5.90. The van der Waals surface area contributed by atoms with Crippen molar-refractivity contribution in [3.05, 3.63) is 18.2 Å². The Kier molecular flexibility index (Phi) is 4.52. The topological polar surface area (TPSA) is 61.4 Å². The van der Waals surface area contributed by atoms with E-state index in [1.807, 2.05) is 0 Å². The number of rotatable bonds is 3. The fraction of sp³-hybridized carbons (Fsp3) is 0.667. The largest absolute Gasteiger partial charge is 0.369 e. The molecule has 3 heterocycles. The summed E-state index contributed by atoms with van der Waals surface area (Å²) in [6.07, 6.45) is 5.49. The first kappa shape index (κ1) is 15.1. The number of carbonyl (C=O) groups is 1. The molecule has 0 radical (unpaired) electrons. The maximum absolute atomic E-state index is 13.3. The zero-order chi connectivity index (χ0) is 15.5. The molecule has 0 aliphatic carbocycles. The molecule has 1 unspecified atom stereocenters. The molecule has 1 N–H and O–H groups in total. The van der Waals surface area contributed by atoms with Gasteiger partial charge in [0.25, 0.3) is 5.91 Å². The number of anilines is 1. The van der Waals surface area contributed by atoms with Crippen LogP contribution >= 0.6 is 0 Å². The average Bonchev–Trinajstić information content (AvgIpc) is 3.01. The lowest BCUT2D eigenvalue weighted by Crippen LogP contribution is -2.44. The van der Waals surface area contributed by atoms with E-state index in [0.717, 1.165) is 38.2 Å². The normalized spacial score (nSPS) is 23.7. The van der Waals surface area contributed by atoms with Crippen molar-refractivity contribution >= 4 is 11.6 Å². The van der Waals surface area contributed by atoms with E-state index < -0.39 is 6.17 Å². The monoisotopic (exact) mass is 307 g/mol. The lowest BCUT2D eigenvalue weighted by molar-refractivity contribution is 0.0952. The Balaban J connectivity index is 1.56. The zero-order valence-electron chi connectivity index (χ0n) is 12.8. The summed E-state index contributed by atoms with van der Waals surface area (Å²) in [5.74, 6) is -0.0905. The summed E-state index contributed by atoms with van der Waals surface area (Å²) in [5, 5.41) is 2.51. The molecular formula is C15H22FN5O. The minimum absolute atomic E-state index is 0.187. The van der Waals surface area contributed by atoms with Crippen molar-refractivity contribution in [2.45, 2.75) is 31.5 Å². The van der Waals surface area contributed by atoms with E-state index in [9.17, 15) is 9.18 Å². The summed E-state index contributed by atoms with van der Waals surface area (Å²) < 4.78 is 13.3. The van der Waals surface area contributed by atoms with Gasteiger partial charge in [0, 0.05) is 39.3 Å². The SMILES string of the molecule is CNC(=O)c1ncc(N2CCC(N3CCC(F)C3)CC2)cn1. The highest BCUT2D eigenvalue weighted by Gasteiger charge is 2.30. The standard InChI is InChI=1S/C15H22FN5O/c1-17-15(22)14-18-8-13(9-19-14)20-6-3-12(4-7-20)21-5-2-11(16)10-21/h8-9,11-12H,2-7,10H2,1H3,(H,17,22). The number of carbonyl (C=O) groups excluding carboxylic acids is 1. The maximum atomic E-state index is 13.3. The van der Waals surface area contributed by atoms with Crippen LogP contribution in [0.25, 0.3) is 0 Å². The molecule has 2 fully saturated rings. The van der Waals surface area contributed by atoms with Gasteiger partial charge in [-0.25, -0.2) is 14.4 Å². The van der Waals surface area contributed by atoms with Gasteiger partial charge in [0.15, 0.2) is 0 Å². The van der Waals surface area contributed by atoms with Crippen LogP contribution in [-0.4, -0.2) is 66.2 Å². The summed E-state index contributed by atoms with van der Waals surface area (Å²) in [5.41, 5.74) is 0.941. The predicted molar refractivity (Wildman–Crippen MR) is 81.7 cm³/mol. The van der Waals surface area contributed by atoms with Gasteiger partial charge in [-0.15, -0.1) is 0 Å². The number of aromatic nitrogens is 2. The van der Waals surface area contributed by atoms with Gasteiger partial charge in [-0.05, 0) is 19.3 Å². The van der Waals surface area contributed by atoms with Crippen molar-refractivity contribution in [1.82, 2.24) is 20.2 Å². The molecular weight excluding hydrogens is 285 g/mol. The molecule has 0 saturated carbocycles. The number of likely N-dealkylation sites (tertiary alicyclic amines) is 1. The van der Waals surface area contributed by atoms with Gasteiger partial charge in [0.1, 0.15) is 6.17 Å². The van der Waals surface area contributed by atoms with Gasteiger partial charge in [0.05, 0.1) is 18.1 Å². The van der Waals surface area contributed by atoms with Gasteiger partial charge < -0.3 is 10.2 Å². The Hall–Kier alpha value is -1.76. The first-order valence-corrected chi connectivity index (χ1v) is 7.84. The quantitative estimate of drug-likeness (QED) is 0.897. The number of halogens is 1. The lowest BCUT2D eigenvalue weighted by atomic mass is 10.0. The van der Waals surface area contributed by atoms with Gasteiger partial charge in [-0.3, -0.25) is 9.69 Å². The molecule has 22 heavy (non-hydrogen) atoms. The number of amides is 1. The molecule has 2 saturated heterocycles. The van der Waals surface area contributed by atoms with Crippen molar-refractivity contribution in [3.8, 4) is 0 Å². The van der Waals surface area contributed by atoms with Gasteiger partial charge in [-0.2, -0.15) is 0 Å². The Morgan fingerprint density at radius 2 is 1.91 bits per heavy atom. The Morgan fingerprint density at radius 3 is 2.45 bits per heavy atom. The van der Waals surface area contributed by atoms with E-state index in [0.29, 0.717) is 19.0 Å². The molecule has 6 nitrogen and oxygen atoms in total. The molecule has 1 aromatic rings. The van der Waals surface area contributed by atoms with E-state index in [4.69, 9.17) is 0 Å². The van der Waals surface area contributed by atoms with E-state index in [1.54, 1.807) is 19.4 Å². The summed E-state index contributed by atoms with van der Waals surface area (Å²) in [6.45, 7) is 3.31. The second-order valence-corrected chi connectivity index (χ2v) is 5.94. The van der Waals surface area contributed by atoms with Crippen LogP contribution in [0.5, 0.6) is 0 Å². The second-order valence-electron chi connectivity index (χ2n) is 5.94. The van der Waals surface area contributed by atoms with E-state index in [2.05, 4.69) is 25.1 Å². The van der Waals surface area contributed by atoms with Crippen molar-refractivity contribution < 1.29 is 9.18 Å². The molecule has 1 amide bonds. The van der Waals surface area contributed by atoms with Crippen molar-refractivity contribution in [1.29, 1.82) is 0 Å². The van der Waals surface area contributed by atoms with Crippen LogP contribution in [0.4, 0.5) is 10.1 Å². The van der Waals surface area contributed by atoms with E-state index in [-0.39, 0.29) is 11.7 Å². The van der Waals surface area contributed by atoms with Crippen LogP contribution < -0.4 is 10.2 Å². The third-order valence-corrected chi connectivity index (χ3v) is 4.58. The van der Waals surface area contributed by atoms with Crippen LogP contribution in [0.15, 0.2) is 12.4 Å². The third kappa shape index (κ3) is 3.19. The summed E-state index contributed by atoms with van der Waals surface area (Å²) in [4.78, 5) is 24.2. The fourth-order valence-corrected chi connectivity index (χ4v) is 3.28. The smallest absolute Gasteiger partial charge is 0.288 e. The fourth-order valence-electron chi connectivity index (χ4n) is 3.28. The van der Waals surface area contributed by atoms with Gasteiger partial charge >= 0.3 is 0 Å². The minimum Gasteiger partial charge on any atom is -0.369 e. The van der Waals surface area contributed by atoms with Crippen LogP contribution in [-0.2, 0) is 0 Å². The summed E-state index contributed by atoms with van der Waals surface area (Å²) in [7, 11) is 1.56. The van der Waals surface area contributed by atoms with E-state index in [1.165, 1.54) is 0 Å². The van der Waals surface area contributed by atoms with Gasteiger partial charge in [-0.1, -0.05) is 0 Å². The number of nitrogens with zero attached hydrogens (tertiary/aromatic N) is 4. The Morgan fingerprint density at radius 1 is 1.23 bits per heavy atom. The molecule has 1 atom stereocenters. The Labute approximate surface area is 129 Å². The zero-order valence-corrected chi connectivity index (χ0v) is 12.8. The number of hydrogen-bond donors (Lipinski definition) is 1. The molecule has 2 aliphatic rings. The third-order valence-electron chi connectivity index (χ3n) is 4.58. The maximum Gasteiger partial charge on any atom is 0.288 e. The van der Waals surface area contributed by atoms with Crippen molar-refractivity contribution in [3.63, 3.8) is 0 Å². The minimum atomic E-state index is -0.649. The summed E-state index contributed by atoms with van der Waals surface area (Å²) >= 11 is 0. The average molecular weight is 307 g/mol. The summed E-state index contributed by atoms with van der Waals surface area (Å²) in [6, 6.07) is 0.489. The van der Waals surface area contributed by atoms with Gasteiger partial charge in [0.2, 0.25) is 5.82 Å². The molecule has 2 aliphatic heterocycles. The molecule has 3 rings (SSSR count). The molecule has 1 aromatic heterocycles. The Bertz CT molecular complexity index is 515. The van der Waals surface area contributed by atoms with Crippen LogP contribution in [0.2, 0.25) is 0 Å².